The minimum absolute atomic E-state index is 0.419. The van der Waals surface area contributed by atoms with Crippen molar-refractivity contribution in [3.8, 4) is 11.5 Å². The maximum atomic E-state index is 6.14. The molecule has 1 heterocycles. The molecule has 0 aliphatic carbocycles. The van der Waals surface area contributed by atoms with E-state index in [1.165, 1.54) is 0 Å². The zero-order chi connectivity index (χ0) is 14.5. The molecule has 0 saturated heterocycles. The van der Waals surface area contributed by atoms with Crippen molar-refractivity contribution in [2.24, 2.45) is 0 Å². The van der Waals surface area contributed by atoms with Crippen molar-refractivity contribution >= 4 is 27.5 Å². The van der Waals surface area contributed by atoms with Gasteiger partial charge in [0.25, 0.3) is 0 Å². The van der Waals surface area contributed by atoms with E-state index in [2.05, 4.69) is 40.1 Å². The quantitative estimate of drug-likeness (QED) is 0.837. The van der Waals surface area contributed by atoms with Crippen molar-refractivity contribution in [1.29, 1.82) is 0 Å². The fourth-order valence-electron chi connectivity index (χ4n) is 1.61. The van der Waals surface area contributed by atoms with Gasteiger partial charge in [-0.2, -0.15) is 0 Å². The molecule has 1 aromatic carbocycles. The van der Waals surface area contributed by atoms with Gasteiger partial charge in [-0.15, -0.1) is 0 Å². The highest BCUT2D eigenvalue weighted by Crippen LogP contribution is 2.31. The van der Waals surface area contributed by atoms with E-state index in [1.54, 1.807) is 12.3 Å². The first-order valence-corrected chi connectivity index (χ1v) is 7.53. The van der Waals surface area contributed by atoms with Gasteiger partial charge in [0, 0.05) is 29.3 Å². The summed E-state index contributed by atoms with van der Waals surface area (Å²) < 4.78 is 6.71. The highest BCUT2D eigenvalue weighted by atomic mass is 79.9. The van der Waals surface area contributed by atoms with Gasteiger partial charge in [-0.25, -0.2) is 0 Å². The Morgan fingerprint density at radius 2 is 2.10 bits per heavy atom. The molecule has 1 N–H and O–H groups in total. The van der Waals surface area contributed by atoms with Gasteiger partial charge >= 0.3 is 0 Å². The number of nitrogens with zero attached hydrogens (tertiary/aromatic N) is 1. The first-order valence-electron chi connectivity index (χ1n) is 6.36. The number of halogens is 2. The van der Waals surface area contributed by atoms with Crippen molar-refractivity contribution < 1.29 is 4.74 Å². The van der Waals surface area contributed by atoms with Crippen LogP contribution in [0.25, 0.3) is 0 Å². The Morgan fingerprint density at radius 3 is 2.80 bits per heavy atom. The number of nitrogens with one attached hydrogen (secondary N) is 1. The number of benzene rings is 1. The van der Waals surface area contributed by atoms with E-state index in [-0.39, 0.29) is 0 Å². The van der Waals surface area contributed by atoms with Gasteiger partial charge in [-0.3, -0.25) is 4.98 Å². The van der Waals surface area contributed by atoms with E-state index < -0.39 is 0 Å². The third-order valence-corrected chi connectivity index (χ3v) is 3.39. The smallest absolute Gasteiger partial charge is 0.146 e. The van der Waals surface area contributed by atoms with Crippen LogP contribution in [0.1, 0.15) is 19.5 Å². The summed E-state index contributed by atoms with van der Waals surface area (Å²) in [6.45, 7) is 4.91. The van der Waals surface area contributed by atoms with Crippen LogP contribution in [0.15, 0.2) is 41.0 Å². The summed E-state index contributed by atoms with van der Waals surface area (Å²) in [5.41, 5.74) is 0.935. The van der Waals surface area contributed by atoms with Gasteiger partial charge in [0.1, 0.15) is 11.5 Å². The normalized spacial score (nSPS) is 10.8. The molecule has 0 atom stereocenters. The van der Waals surface area contributed by atoms with Gasteiger partial charge in [0.15, 0.2) is 0 Å². The lowest BCUT2D eigenvalue weighted by molar-refractivity contribution is 0.479. The molecular formula is C15H16BrClN2O. The molecule has 5 heteroatoms. The molecule has 20 heavy (non-hydrogen) atoms. The fraction of sp³-hybridized carbons (Fsp3) is 0.267. The van der Waals surface area contributed by atoms with Crippen molar-refractivity contribution in [3.05, 3.63) is 51.7 Å². The molecule has 3 nitrogen and oxygen atoms in total. The van der Waals surface area contributed by atoms with E-state index in [4.69, 9.17) is 16.3 Å². The zero-order valence-electron chi connectivity index (χ0n) is 11.4. The summed E-state index contributed by atoms with van der Waals surface area (Å²) in [6, 6.07) is 9.68. The average Bonchev–Trinajstić information content (AvgIpc) is 2.40. The summed E-state index contributed by atoms with van der Waals surface area (Å²) in [4.78, 5) is 4.31. The summed E-state index contributed by atoms with van der Waals surface area (Å²) in [7, 11) is 0. The lowest BCUT2D eigenvalue weighted by Gasteiger charge is -2.10. The SMILES string of the molecule is CC(C)NCc1cc(Oc2ccc(Br)cc2Cl)ccn1. The second-order valence-electron chi connectivity index (χ2n) is 4.70. The van der Waals surface area contributed by atoms with Gasteiger partial charge in [-0.1, -0.05) is 41.4 Å². The first-order chi connectivity index (χ1) is 9.54. The third-order valence-electron chi connectivity index (χ3n) is 2.60. The van der Waals surface area contributed by atoms with Gasteiger partial charge < -0.3 is 10.1 Å². The van der Waals surface area contributed by atoms with E-state index in [1.807, 2.05) is 24.3 Å². The molecule has 0 amide bonds. The Hall–Kier alpha value is -1.10. The van der Waals surface area contributed by atoms with Crippen LogP contribution in [-0.2, 0) is 6.54 Å². The molecule has 0 aliphatic rings. The van der Waals surface area contributed by atoms with Crippen molar-refractivity contribution in [3.63, 3.8) is 0 Å². The Balaban J connectivity index is 2.11. The maximum absolute atomic E-state index is 6.14. The first kappa shape index (κ1) is 15.3. The summed E-state index contributed by atoms with van der Waals surface area (Å²) >= 11 is 9.51. The third kappa shape index (κ3) is 4.47. The molecule has 1 aromatic heterocycles. The molecule has 0 saturated carbocycles. The predicted molar refractivity (Wildman–Crippen MR) is 85.4 cm³/mol. The minimum Gasteiger partial charge on any atom is -0.456 e. The zero-order valence-corrected chi connectivity index (χ0v) is 13.7. The summed E-state index contributed by atoms with van der Waals surface area (Å²) in [5, 5.41) is 3.89. The number of ether oxygens (including phenoxy) is 1. The molecule has 2 aromatic rings. The number of hydrogen-bond donors (Lipinski definition) is 1. The molecule has 0 spiro atoms. The summed E-state index contributed by atoms with van der Waals surface area (Å²) in [6.07, 6.45) is 1.74. The molecule has 0 unspecified atom stereocenters. The fourth-order valence-corrected chi connectivity index (χ4v) is 2.32. The lowest BCUT2D eigenvalue weighted by Crippen LogP contribution is -2.22. The number of pyridine rings is 1. The molecule has 0 fully saturated rings. The number of rotatable bonds is 5. The van der Waals surface area contributed by atoms with Crippen LogP contribution in [-0.4, -0.2) is 11.0 Å². The van der Waals surface area contributed by atoms with Crippen LogP contribution in [0, 0.1) is 0 Å². The van der Waals surface area contributed by atoms with E-state index in [0.29, 0.717) is 23.4 Å². The standard InChI is InChI=1S/C15H16BrClN2O/c1-10(2)19-9-12-8-13(5-6-18-12)20-15-4-3-11(16)7-14(15)17/h3-8,10,19H,9H2,1-2H3. The van der Waals surface area contributed by atoms with E-state index in [9.17, 15) is 0 Å². The van der Waals surface area contributed by atoms with E-state index >= 15 is 0 Å². The van der Waals surface area contributed by atoms with Crippen LogP contribution in [0.5, 0.6) is 11.5 Å². The Morgan fingerprint density at radius 1 is 1.30 bits per heavy atom. The number of hydrogen-bond acceptors (Lipinski definition) is 3. The number of aromatic nitrogens is 1. The van der Waals surface area contributed by atoms with Crippen LogP contribution in [0.4, 0.5) is 0 Å². The van der Waals surface area contributed by atoms with Crippen LogP contribution in [0.3, 0.4) is 0 Å². The molecule has 0 aliphatic heterocycles. The van der Waals surface area contributed by atoms with Crippen LogP contribution >= 0.6 is 27.5 Å². The van der Waals surface area contributed by atoms with Crippen molar-refractivity contribution in [2.75, 3.05) is 0 Å². The molecule has 106 valence electrons. The molecule has 0 radical (unpaired) electrons. The van der Waals surface area contributed by atoms with Gasteiger partial charge in [0.2, 0.25) is 0 Å². The van der Waals surface area contributed by atoms with Gasteiger partial charge in [0.05, 0.1) is 10.7 Å². The van der Waals surface area contributed by atoms with Crippen molar-refractivity contribution in [1.82, 2.24) is 10.3 Å². The second kappa shape index (κ2) is 7.07. The van der Waals surface area contributed by atoms with Crippen molar-refractivity contribution in [2.45, 2.75) is 26.4 Å². The summed E-state index contributed by atoms with van der Waals surface area (Å²) in [5.74, 6) is 1.36. The monoisotopic (exact) mass is 354 g/mol. The predicted octanol–water partition coefficient (Wildman–Crippen LogP) is 4.79. The Labute approximate surface area is 132 Å². The molecule has 0 bridgehead atoms. The largest absolute Gasteiger partial charge is 0.456 e. The topological polar surface area (TPSA) is 34.1 Å². The Kier molecular flexibility index (Phi) is 5.40. The molecule has 2 rings (SSSR count). The van der Waals surface area contributed by atoms with Crippen LogP contribution in [0.2, 0.25) is 5.02 Å². The van der Waals surface area contributed by atoms with E-state index in [0.717, 1.165) is 15.9 Å². The lowest BCUT2D eigenvalue weighted by atomic mass is 10.3. The minimum atomic E-state index is 0.419. The van der Waals surface area contributed by atoms with Crippen LogP contribution < -0.4 is 10.1 Å². The second-order valence-corrected chi connectivity index (χ2v) is 6.02. The average molecular weight is 356 g/mol. The van der Waals surface area contributed by atoms with Gasteiger partial charge in [-0.05, 0) is 24.3 Å². The molecular weight excluding hydrogens is 340 g/mol. The Bertz CT molecular complexity index is 590. The highest BCUT2D eigenvalue weighted by Gasteiger charge is 2.05. The maximum Gasteiger partial charge on any atom is 0.146 e. The highest BCUT2D eigenvalue weighted by molar-refractivity contribution is 9.10.